The Morgan fingerprint density at radius 3 is 2.73 bits per heavy atom. The molecule has 0 aliphatic heterocycles. The first-order chi connectivity index (χ1) is 12.5. The molecular weight excluding hydrogens is 384 g/mol. The summed E-state index contributed by atoms with van der Waals surface area (Å²) < 4.78 is 0. The molecule has 26 heavy (non-hydrogen) atoms. The van der Waals surface area contributed by atoms with E-state index in [9.17, 15) is 4.79 Å². The molecule has 1 amide bonds. The van der Waals surface area contributed by atoms with Crippen LogP contribution in [0.15, 0.2) is 5.03 Å². The van der Waals surface area contributed by atoms with Crippen LogP contribution in [0.4, 0.5) is 5.13 Å². The Morgan fingerprint density at radius 2 is 1.92 bits per heavy atom. The largest absolute Gasteiger partial charge is 0.301 e. The van der Waals surface area contributed by atoms with E-state index in [1.165, 1.54) is 45.6 Å². The molecule has 4 rings (SSSR count). The van der Waals surface area contributed by atoms with Gasteiger partial charge in [0.15, 0.2) is 5.13 Å². The number of thiazole rings is 1. The van der Waals surface area contributed by atoms with Gasteiger partial charge in [-0.25, -0.2) is 15.0 Å². The standard InChI is InChI=1S/C18H20N4OS3/c1-9-10(2)25-17-15(9)16(19-11(3)20-17)24-8-14(23)22-18-21-12-6-4-5-7-13(12)26-18/h4-8H2,1-3H3,(H,21,22,23). The minimum atomic E-state index is -0.0323. The Kier molecular flexibility index (Phi) is 4.98. The highest BCUT2D eigenvalue weighted by atomic mass is 32.2. The number of thiophene rings is 1. The Labute approximate surface area is 164 Å². The smallest absolute Gasteiger partial charge is 0.236 e. The molecule has 0 saturated carbocycles. The lowest BCUT2D eigenvalue weighted by molar-refractivity contribution is -0.113. The van der Waals surface area contributed by atoms with Gasteiger partial charge in [-0.1, -0.05) is 11.8 Å². The van der Waals surface area contributed by atoms with Gasteiger partial charge in [0.1, 0.15) is 15.7 Å². The zero-order valence-corrected chi connectivity index (χ0v) is 17.5. The molecule has 0 spiro atoms. The van der Waals surface area contributed by atoms with Crippen LogP contribution >= 0.6 is 34.4 Å². The molecule has 0 unspecified atom stereocenters. The predicted octanol–water partition coefficient (Wildman–Crippen LogP) is 4.68. The Balaban J connectivity index is 1.48. The Hall–Kier alpha value is -1.51. The van der Waals surface area contributed by atoms with Crippen molar-refractivity contribution in [2.75, 3.05) is 11.1 Å². The van der Waals surface area contributed by atoms with Gasteiger partial charge >= 0.3 is 0 Å². The minimum absolute atomic E-state index is 0.0323. The fraction of sp³-hybridized carbons (Fsp3) is 0.444. The zero-order chi connectivity index (χ0) is 18.3. The van der Waals surface area contributed by atoms with Crippen molar-refractivity contribution in [1.82, 2.24) is 15.0 Å². The lowest BCUT2D eigenvalue weighted by Gasteiger charge is -2.06. The highest BCUT2D eigenvalue weighted by Gasteiger charge is 2.18. The van der Waals surface area contributed by atoms with Gasteiger partial charge in [0.25, 0.3) is 0 Å². The molecule has 3 aromatic heterocycles. The van der Waals surface area contributed by atoms with E-state index in [1.54, 1.807) is 22.7 Å². The number of aryl methyl sites for hydroxylation is 5. The second kappa shape index (κ2) is 7.25. The second-order valence-electron chi connectivity index (χ2n) is 6.47. The number of nitrogens with zero attached hydrogens (tertiary/aromatic N) is 3. The number of nitrogens with one attached hydrogen (secondary N) is 1. The monoisotopic (exact) mass is 404 g/mol. The average molecular weight is 405 g/mol. The molecule has 0 saturated heterocycles. The molecule has 136 valence electrons. The Morgan fingerprint density at radius 1 is 1.12 bits per heavy atom. The van der Waals surface area contributed by atoms with Gasteiger partial charge < -0.3 is 5.32 Å². The fourth-order valence-corrected chi connectivity index (χ4v) is 6.25. The third-order valence-corrected chi connectivity index (χ3v) is 7.69. The molecule has 3 aromatic rings. The highest BCUT2D eigenvalue weighted by Crippen LogP contribution is 2.35. The molecule has 1 N–H and O–H groups in total. The molecule has 0 bridgehead atoms. The van der Waals surface area contributed by atoms with Gasteiger partial charge in [-0.05, 0) is 52.0 Å². The van der Waals surface area contributed by atoms with Crippen molar-refractivity contribution >= 4 is 55.7 Å². The summed E-state index contributed by atoms with van der Waals surface area (Å²) in [6, 6.07) is 0. The molecular formula is C18H20N4OS3. The number of anilines is 1. The van der Waals surface area contributed by atoms with Crippen LogP contribution in [0.3, 0.4) is 0 Å². The highest BCUT2D eigenvalue weighted by molar-refractivity contribution is 8.00. The number of carbonyl (C=O) groups is 1. The summed E-state index contributed by atoms with van der Waals surface area (Å²) in [6.07, 6.45) is 4.54. The summed E-state index contributed by atoms with van der Waals surface area (Å²) in [5.41, 5.74) is 2.38. The van der Waals surface area contributed by atoms with Crippen molar-refractivity contribution < 1.29 is 4.79 Å². The number of hydrogen-bond donors (Lipinski definition) is 1. The van der Waals surface area contributed by atoms with Gasteiger partial charge in [-0.3, -0.25) is 4.79 Å². The lowest BCUT2D eigenvalue weighted by Crippen LogP contribution is -2.14. The fourth-order valence-electron chi connectivity index (χ4n) is 3.11. The first kappa shape index (κ1) is 17.9. The number of rotatable bonds is 4. The second-order valence-corrected chi connectivity index (χ2v) is 9.72. The van der Waals surface area contributed by atoms with Gasteiger partial charge in [-0.2, -0.15) is 0 Å². The van der Waals surface area contributed by atoms with Crippen molar-refractivity contribution in [3.05, 3.63) is 26.8 Å². The van der Waals surface area contributed by atoms with E-state index in [2.05, 4.69) is 34.1 Å². The Bertz CT molecular complexity index is 969. The molecule has 1 aliphatic rings. The van der Waals surface area contributed by atoms with E-state index in [-0.39, 0.29) is 5.91 Å². The quantitative estimate of drug-likeness (QED) is 0.505. The summed E-state index contributed by atoms with van der Waals surface area (Å²) in [6.45, 7) is 6.09. The van der Waals surface area contributed by atoms with Crippen molar-refractivity contribution in [3.63, 3.8) is 0 Å². The third-order valence-electron chi connectivity index (χ3n) is 4.54. The first-order valence-electron chi connectivity index (χ1n) is 8.67. The maximum atomic E-state index is 12.4. The van der Waals surface area contributed by atoms with E-state index < -0.39 is 0 Å². The van der Waals surface area contributed by atoms with Crippen LogP contribution in [-0.4, -0.2) is 26.6 Å². The summed E-state index contributed by atoms with van der Waals surface area (Å²) in [7, 11) is 0. The summed E-state index contributed by atoms with van der Waals surface area (Å²) in [5.74, 6) is 1.04. The van der Waals surface area contributed by atoms with Crippen LogP contribution in [-0.2, 0) is 17.6 Å². The van der Waals surface area contributed by atoms with Gasteiger partial charge in [0.05, 0.1) is 11.4 Å². The zero-order valence-electron chi connectivity index (χ0n) is 15.0. The van der Waals surface area contributed by atoms with Crippen molar-refractivity contribution in [2.45, 2.75) is 51.5 Å². The maximum absolute atomic E-state index is 12.4. The van der Waals surface area contributed by atoms with E-state index in [0.717, 1.165) is 39.0 Å². The molecule has 0 atom stereocenters. The van der Waals surface area contributed by atoms with Crippen LogP contribution < -0.4 is 5.32 Å². The van der Waals surface area contributed by atoms with Crippen LogP contribution in [0, 0.1) is 20.8 Å². The first-order valence-corrected chi connectivity index (χ1v) is 11.3. The molecule has 0 fully saturated rings. The molecule has 1 aliphatic carbocycles. The normalized spacial score (nSPS) is 13.8. The molecule has 3 heterocycles. The van der Waals surface area contributed by atoms with Crippen LogP contribution in [0.5, 0.6) is 0 Å². The third kappa shape index (κ3) is 3.50. The average Bonchev–Trinajstić information content (AvgIpc) is 3.13. The van der Waals surface area contributed by atoms with E-state index >= 15 is 0 Å². The summed E-state index contributed by atoms with van der Waals surface area (Å²) in [5, 5.41) is 5.66. The van der Waals surface area contributed by atoms with Crippen molar-refractivity contribution in [3.8, 4) is 0 Å². The van der Waals surface area contributed by atoms with Crippen LogP contribution in [0.2, 0.25) is 0 Å². The van der Waals surface area contributed by atoms with E-state index in [0.29, 0.717) is 5.75 Å². The number of amides is 1. The number of fused-ring (bicyclic) bond motifs is 2. The summed E-state index contributed by atoms with van der Waals surface area (Å²) >= 11 is 4.78. The van der Waals surface area contributed by atoms with Gasteiger partial charge in [0.2, 0.25) is 5.91 Å². The topological polar surface area (TPSA) is 67.8 Å². The molecule has 0 aromatic carbocycles. The SMILES string of the molecule is Cc1nc(SCC(=O)Nc2nc3c(s2)CCCC3)c2c(C)c(C)sc2n1. The maximum Gasteiger partial charge on any atom is 0.236 e. The molecule has 8 heteroatoms. The van der Waals surface area contributed by atoms with Crippen molar-refractivity contribution in [2.24, 2.45) is 0 Å². The summed E-state index contributed by atoms with van der Waals surface area (Å²) in [4.78, 5) is 29.7. The minimum Gasteiger partial charge on any atom is -0.301 e. The number of aromatic nitrogens is 3. The van der Waals surface area contributed by atoms with E-state index in [4.69, 9.17) is 0 Å². The number of thioether (sulfide) groups is 1. The number of hydrogen-bond acceptors (Lipinski definition) is 7. The van der Waals surface area contributed by atoms with Gasteiger partial charge in [0, 0.05) is 15.1 Å². The van der Waals surface area contributed by atoms with Crippen LogP contribution in [0.1, 0.15) is 39.7 Å². The van der Waals surface area contributed by atoms with Crippen LogP contribution in [0.25, 0.3) is 10.2 Å². The van der Waals surface area contributed by atoms with Gasteiger partial charge in [-0.15, -0.1) is 22.7 Å². The molecule has 0 radical (unpaired) electrons. The lowest BCUT2D eigenvalue weighted by atomic mass is 10.0. The van der Waals surface area contributed by atoms with Crippen molar-refractivity contribution in [1.29, 1.82) is 0 Å². The predicted molar refractivity (Wildman–Crippen MR) is 110 cm³/mol. The molecule has 5 nitrogen and oxygen atoms in total. The number of carbonyl (C=O) groups excluding carboxylic acids is 1. The van der Waals surface area contributed by atoms with E-state index in [1.807, 2.05) is 6.92 Å².